The van der Waals surface area contributed by atoms with Crippen LogP contribution < -0.4 is 14.8 Å². The van der Waals surface area contributed by atoms with Crippen molar-refractivity contribution in [3.63, 3.8) is 0 Å². The number of methoxy groups -OCH3 is 1. The van der Waals surface area contributed by atoms with Crippen molar-refractivity contribution in [2.45, 2.75) is 13.8 Å². The van der Waals surface area contributed by atoms with Crippen LogP contribution >= 0.6 is 0 Å². The highest BCUT2D eigenvalue weighted by Gasteiger charge is 2.16. The number of aromatic hydroxyl groups is 1. The predicted octanol–water partition coefficient (Wildman–Crippen LogP) is 4.27. The number of nitrogens with zero attached hydrogens (tertiary/aromatic N) is 2. The molecule has 0 fully saturated rings. The Kier molecular flexibility index (Phi) is 4.81. The molecule has 3 aromatic rings. The van der Waals surface area contributed by atoms with Crippen molar-refractivity contribution < 1.29 is 14.6 Å². The Labute approximate surface area is 151 Å². The lowest BCUT2D eigenvalue weighted by molar-refractivity contribution is 0.313. The molecule has 0 spiro atoms. The minimum Gasteiger partial charge on any atom is -0.508 e. The molecule has 26 heavy (non-hydrogen) atoms. The number of hydrogen-bond acceptors (Lipinski definition) is 6. The van der Waals surface area contributed by atoms with Crippen molar-refractivity contribution >= 4 is 22.3 Å². The van der Waals surface area contributed by atoms with Gasteiger partial charge in [-0.3, -0.25) is 4.98 Å². The fraction of sp³-hybridized carbons (Fsp3) is 0.200. The summed E-state index contributed by atoms with van der Waals surface area (Å²) in [5.41, 5.74) is 3.03. The van der Waals surface area contributed by atoms with Crippen molar-refractivity contribution in [3.05, 3.63) is 47.7 Å². The number of benzene rings is 2. The summed E-state index contributed by atoms with van der Waals surface area (Å²) in [5.74, 6) is 1.30. The Bertz CT molecular complexity index is 1010. The first-order valence-electron chi connectivity index (χ1n) is 8.18. The lowest BCUT2D eigenvalue weighted by Crippen LogP contribution is -2.00. The van der Waals surface area contributed by atoms with E-state index < -0.39 is 0 Å². The standard InChI is InChI=1S/C20H19N3O3/c1-4-26-17-8-7-15-18(23-14-6-5-12(2)16(24)9-14)13(10-21)11-22-19(15)20(17)25-3/h5-9,11,24H,4H2,1-3H3,(H,22,23). The van der Waals surface area contributed by atoms with Crippen molar-refractivity contribution in [1.82, 2.24) is 4.98 Å². The smallest absolute Gasteiger partial charge is 0.187 e. The molecule has 0 aliphatic carbocycles. The molecular weight excluding hydrogens is 330 g/mol. The van der Waals surface area contributed by atoms with Gasteiger partial charge in [0.15, 0.2) is 11.5 Å². The fourth-order valence-electron chi connectivity index (χ4n) is 2.74. The van der Waals surface area contributed by atoms with Gasteiger partial charge in [0.1, 0.15) is 17.3 Å². The first-order valence-corrected chi connectivity index (χ1v) is 8.18. The molecule has 0 aliphatic heterocycles. The molecule has 2 N–H and O–H groups in total. The molecule has 0 saturated heterocycles. The third kappa shape index (κ3) is 3.07. The quantitative estimate of drug-likeness (QED) is 0.715. The summed E-state index contributed by atoms with van der Waals surface area (Å²) >= 11 is 0. The van der Waals surface area contributed by atoms with Crippen LogP contribution in [0.1, 0.15) is 18.1 Å². The SMILES string of the molecule is CCOc1ccc2c(Nc3ccc(C)c(O)c3)c(C#N)cnc2c1OC. The largest absolute Gasteiger partial charge is 0.508 e. The monoisotopic (exact) mass is 349 g/mol. The zero-order chi connectivity index (χ0) is 18.7. The maximum atomic E-state index is 9.94. The lowest BCUT2D eigenvalue weighted by atomic mass is 10.1. The Balaban J connectivity index is 2.19. The third-order valence-electron chi connectivity index (χ3n) is 4.06. The number of aromatic nitrogens is 1. The molecule has 0 atom stereocenters. The van der Waals surface area contributed by atoms with Crippen LogP contribution in [0.4, 0.5) is 11.4 Å². The number of nitriles is 1. The number of fused-ring (bicyclic) bond motifs is 1. The Morgan fingerprint density at radius 1 is 1.27 bits per heavy atom. The van der Waals surface area contributed by atoms with Crippen molar-refractivity contribution in [2.24, 2.45) is 0 Å². The van der Waals surface area contributed by atoms with Crippen LogP contribution in [-0.4, -0.2) is 23.8 Å². The van der Waals surface area contributed by atoms with E-state index in [2.05, 4.69) is 16.4 Å². The zero-order valence-electron chi connectivity index (χ0n) is 14.8. The predicted molar refractivity (Wildman–Crippen MR) is 100 cm³/mol. The number of phenols is 1. The van der Waals surface area contributed by atoms with Gasteiger partial charge in [-0.05, 0) is 37.6 Å². The van der Waals surface area contributed by atoms with E-state index in [1.54, 1.807) is 25.3 Å². The van der Waals surface area contributed by atoms with E-state index in [4.69, 9.17) is 9.47 Å². The Morgan fingerprint density at radius 2 is 2.08 bits per heavy atom. The lowest BCUT2D eigenvalue weighted by Gasteiger charge is -2.16. The second-order valence-electron chi connectivity index (χ2n) is 5.71. The van der Waals surface area contributed by atoms with Gasteiger partial charge in [0.25, 0.3) is 0 Å². The molecule has 3 rings (SSSR count). The molecule has 6 nitrogen and oxygen atoms in total. The minimum absolute atomic E-state index is 0.183. The number of aryl methyl sites for hydroxylation is 1. The van der Waals surface area contributed by atoms with Gasteiger partial charge in [0.05, 0.1) is 25.0 Å². The van der Waals surface area contributed by atoms with E-state index in [0.29, 0.717) is 40.6 Å². The zero-order valence-corrected chi connectivity index (χ0v) is 14.8. The maximum Gasteiger partial charge on any atom is 0.187 e. The van der Waals surface area contributed by atoms with E-state index in [9.17, 15) is 10.4 Å². The van der Waals surface area contributed by atoms with E-state index in [1.807, 2.05) is 26.0 Å². The van der Waals surface area contributed by atoms with Crippen LogP contribution in [0.3, 0.4) is 0 Å². The first-order chi connectivity index (χ1) is 12.6. The molecule has 1 aromatic heterocycles. The number of rotatable bonds is 5. The molecule has 1 heterocycles. The van der Waals surface area contributed by atoms with Gasteiger partial charge in [-0.15, -0.1) is 0 Å². The van der Waals surface area contributed by atoms with Crippen molar-refractivity contribution in [2.75, 3.05) is 19.0 Å². The average molecular weight is 349 g/mol. The molecular formula is C20H19N3O3. The summed E-state index contributed by atoms with van der Waals surface area (Å²) in [5, 5.41) is 23.4. The summed E-state index contributed by atoms with van der Waals surface area (Å²) in [4.78, 5) is 4.38. The summed E-state index contributed by atoms with van der Waals surface area (Å²) in [6.07, 6.45) is 1.50. The van der Waals surface area contributed by atoms with E-state index in [1.165, 1.54) is 6.20 Å². The van der Waals surface area contributed by atoms with Gasteiger partial charge in [0, 0.05) is 23.3 Å². The van der Waals surface area contributed by atoms with Crippen LogP contribution in [-0.2, 0) is 0 Å². The van der Waals surface area contributed by atoms with Crippen LogP contribution in [0.25, 0.3) is 10.9 Å². The number of nitrogens with one attached hydrogen (secondary N) is 1. The van der Waals surface area contributed by atoms with E-state index in [0.717, 1.165) is 10.9 Å². The molecule has 0 unspecified atom stereocenters. The number of hydrogen-bond donors (Lipinski definition) is 2. The Morgan fingerprint density at radius 3 is 2.73 bits per heavy atom. The number of phenolic OH excluding ortho intramolecular Hbond substituents is 1. The molecule has 6 heteroatoms. The number of anilines is 2. The van der Waals surface area contributed by atoms with Gasteiger partial charge < -0.3 is 19.9 Å². The first kappa shape index (κ1) is 17.4. The van der Waals surface area contributed by atoms with Gasteiger partial charge in [0.2, 0.25) is 0 Å². The van der Waals surface area contributed by atoms with Gasteiger partial charge in [-0.25, -0.2) is 0 Å². The van der Waals surface area contributed by atoms with Crippen LogP contribution in [0.15, 0.2) is 36.5 Å². The van der Waals surface area contributed by atoms with Crippen molar-refractivity contribution in [3.8, 4) is 23.3 Å². The summed E-state index contributed by atoms with van der Waals surface area (Å²) in [6.45, 7) is 4.22. The van der Waals surface area contributed by atoms with E-state index in [-0.39, 0.29) is 5.75 Å². The summed E-state index contributed by atoms with van der Waals surface area (Å²) < 4.78 is 11.1. The van der Waals surface area contributed by atoms with Crippen LogP contribution in [0.5, 0.6) is 17.2 Å². The average Bonchev–Trinajstić information content (AvgIpc) is 2.65. The van der Waals surface area contributed by atoms with Gasteiger partial charge >= 0.3 is 0 Å². The normalized spacial score (nSPS) is 10.4. The highest BCUT2D eigenvalue weighted by Crippen LogP contribution is 2.39. The molecule has 0 amide bonds. The van der Waals surface area contributed by atoms with Crippen LogP contribution in [0, 0.1) is 18.3 Å². The maximum absolute atomic E-state index is 9.94. The molecule has 0 saturated carbocycles. The molecule has 132 valence electrons. The third-order valence-corrected chi connectivity index (χ3v) is 4.06. The summed E-state index contributed by atoms with van der Waals surface area (Å²) in [7, 11) is 1.56. The molecule has 2 aromatic carbocycles. The van der Waals surface area contributed by atoms with E-state index >= 15 is 0 Å². The Hall–Kier alpha value is -3.46. The van der Waals surface area contributed by atoms with Gasteiger partial charge in [-0.1, -0.05) is 6.07 Å². The molecule has 0 aliphatic rings. The van der Waals surface area contributed by atoms with Crippen molar-refractivity contribution in [1.29, 1.82) is 5.26 Å². The van der Waals surface area contributed by atoms with Crippen LogP contribution in [0.2, 0.25) is 0 Å². The second-order valence-corrected chi connectivity index (χ2v) is 5.71. The number of ether oxygens (including phenoxy) is 2. The summed E-state index contributed by atoms with van der Waals surface area (Å²) in [6, 6.07) is 11.1. The highest BCUT2D eigenvalue weighted by molar-refractivity contribution is 5.99. The molecule has 0 bridgehead atoms. The second kappa shape index (κ2) is 7.19. The highest BCUT2D eigenvalue weighted by atomic mass is 16.5. The van der Waals surface area contributed by atoms with Gasteiger partial charge in [-0.2, -0.15) is 5.26 Å². The molecule has 0 radical (unpaired) electrons. The number of pyridine rings is 1. The fourth-order valence-corrected chi connectivity index (χ4v) is 2.74. The minimum atomic E-state index is 0.183. The topological polar surface area (TPSA) is 87.4 Å².